The quantitative estimate of drug-likeness (QED) is 0.390. The first-order chi connectivity index (χ1) is 12.7. The third-order valence-electron chi connectivity index (χ3n) is 3.80. The van der Waals surface area contributed by atoms with E-state index in [1.54, 1.807) is 7.05 Å². The normalized spacial score (nSPS) is 11.8. The lowest BCUT2D eigenvalue weighted by atomic mass is 10.2. The molecule has 0 fully saturated rings. The van der Waals surface area contributed by atoms with Crippen molar-refractivity contribution in [2.45, 2.75) is 26.7 Å². The Morgan fingerprint density at radius 1 is 1.19 bits per heavy atom. The molecule has 0 saturated heterocycles. The first-order valence-electron chi connectivity index (χ1n) is 9.30. The molecule has 0 amide bonds. The minimum Gasteiger partial charge on any atom is -0.381 e. The summed E-state index contributed by atoms with van der Waals surface area (Å²) in [4.78, 5) is 4.25. The molecule has 1 aromatic carbocycles. The van der Waals surface area contributed by atoms with Crippen LogP contribution in [0.1, 0.15) is 25.8 Å². The van der Waals surface area contributed by atoms with Crippen molar-refractivity contribution >= 4 is 5.96 Å². The van der Waals surface area contributed by atoms with E-state index in [9.17, 15) is 0 Å². The first-order valence-corrected chi connectivity index (χ1v) is 9.30. The van der Waals surface area contributed by atoms with E-state index in [1.165, 1.54) is 5.56 Å². The Kier molecular flexibility index (Phi) is 8.69. The molecule has 2 aromatic rings. The van der Waals surface area contributed by atoms with E-state index in [1.807, 2.05) is 41.2 Å². The van der Waals surface area contributed by atoms with Crippen molar-refractivity contribution < 1.29 is 4.74 Å². The molecule has 6 heteroatoms. The van der Waals surface area contributed by atoms with Crippen molar-refractivity contribution in [3.05, 3.63) is 48.3 Å². The molecule has 0 aliphatic carbocycles. The fourth-order valence-electron chi connectivity index (χ4n) is 2.46. The average molecular weight is 358 g/mol. The van der Waals surface area contributed by atoms with E-state index >= 15 is 0 Å². The van der Waals surface area contributed by atoms with Crippen LogP contribution in [0.5, 0.6) is 0 Å². The van der Waals surface area contributed by atoms with Gasteiger partial charge in [-0.25, -0.2) is 4.68 Å². The lowest BCUT2D eigenvalue weighted by molar-refractivity contribution is 0.108. The summed E-state index contributed by atoms with van der Waals surface area (Å²) in [5, 5.41) is 11.1. The molecule has 1 heterocycles. The van der Waals surface area contributed by atoms with Gasteiger partial charge in [-0.05, 0) is 36.5 Å². The van der Waals surface area contributed by atoms with Crippen molar-refractivity contribution in [3.63, 3.8) is 0 Å². The summed E-state index contributed by atoms with van der Waals surface area (Å²) in [6.45, 7) is 7.58. The molecule has 0 aliphatic heterocycles. The predicted molar refractivity (Wildman–Crippen MR) is 107 cm³/mol. The molecule has 0 atom stereocenters. The minimum atomic E-state index is 0.587. The second kappa shape index (κ2) is 11.3. The molecule has 2 N–H and O–H groups in total. The predicted octanol–water partition coefficient (Wildman–Crippen LogP) is 2.64. The van der Waals surface area contributed by atoms with Gasteiger partial charge in [0.15, 0.2) is 5.96 Å². The van der Waals surface area contributed by atoms with Gasteiger partial charge >= 0.3 is 0 Å². The number of para-hydroxylation sites is 1. The zero-order chi connectivity index (χ0) is 18.6. The monoisotopic (exact) mass is 357 g/mol. The highest BCUT2D eigenvalue weighted by Crippen LogP contribution is 2.07. The minimum absolute atomic E-state index is 0.587. The van der Waals surface area contributed by atoms with Crippen molar-refractivity contribution in [1.29, 1.82) is 0 Å². The molecule has 0 spiro atoms. The second-order valence-corrected chi connectivity index (χ2v) is 6.63. The van der Waals surface area contributed by atoms with Gasteiger partial charge in [-0.1, -0.05) is 32.0 Å². The lowest BCUT2D eigenvalue weighted by Gasteiger charge is -2.12. The van der Waals surface area contributed by atoms with Gasteiger partial charge in [-0.15, -0.1) is 0 Å². The van der Waals surface area contributed by atoms with Crippen LogP contribution in [-0.2, 0) is 11.2 Å². The van der Waals surface area contributed by atoms with Crippen LogP contribution in [0.15, 0.2) is 47.7 Å². The second-order valence-electron chi connectivity index (χ2n) is 6.63. The Balaban J connectivity index is 1.64. The molecule has 0 unspecified atom stereocenters. The average Bonchev–Trinajstić information content (AvgIpc) is 3.12. The highest BCUT2D eigenvalue weighted by atomic mass is 16.5. The van der Waals surface area contributed by atoms with Gasteiger partial charge in [0.1, 0.15) is 0 Å². The molecule has 6 nitrogen and oxygen atoms in total. The topological polar surface area (TPSA) is 63.5 Å². The zero-order valence-electron chi connectivity index (χ0n) is 16.1. The van der Waals surface area contributed by atoms with Gasteiger partial charge in [0.2, 0.25) is 0 Å². The van der Waals surface area contributed by atoms with Crippen molar-refractivity contribution in [1.82, 2.24) is 20.4 Å². The summed E-state index contributed by atoms with van der Waals surface area (Å²) in [6.07, 6.45) is 5.85. The number of guanidine groups is 1. The standard InChI is InChI=1S/C20H31N5O/c1-17(2)16-26-13-7-11-22-20(21-3)23-12-10-18-14-24-25(15-18)19-8-5-4-6-9-19/h4-6,8-9,14-15,17H,7,10-13,16H2,1-3H3,(H2,21,22,23). The van der Waals surface area contributed by atoms with Crippen LogP contribution in [0, 0.1) is 5.92 Å². The van der Waals surface area contributed by atoms with Gasteiger partial charge < -0.3 is 15.4 Å². The van der Waals surface area contributed by atoms with Crippen molar-refractivity contribution in [2.75, 3.05) is 33.4 Å². The highest BCUT2D eigenvalue weighted by molar-refractivity contribution is 5.79. The number of aliphatic imine (C=N–C) groups is 1. The molecule has 26 heavy (non-hydrogen) atoms. The van der Waals surface area contributed by atoms with E-state index in [0.29, 0.717) is 5.92 Å². The molecule has 2 rings (SSSR count). The summed E-state index contributed by atoms with van der Waals surface area (Å²) >= 11 is 0. The van der Waals surface area contributed by atoms with Crippen LogP contribution < -0.4 is 10.6 Å². The smallest absolute Gasteiger partial charge is 0.190 e. The number of hydrogen-bond donors (Lipinski definition) is 2. The third kappa shape index (κ3) is 7.27. The summed E-state index contributed by atoms with van der Waals surface area (Å²) in [5.74, 6) is 1.41. The van der Waals surface area contributed by atoms with E-state index in [0.717, 1.165) is 50.8 Å². The largest absolute Gasteiger partial charge is 0.381 e. The lowest BCUT2D eigenvalue weighted by Crippen LogP contribution is -2.39. The summed E-state index contributed by atoms with van der Waals surface area (Å²) < 4.78 is 7.48. The molecular formula is C20H31N5O. The Hall–Kier alpha value is -2.34. The van der Waals surface area contributed by atoms with Crippen molar-refractivity contribution in [2.24, 2.45) is 10.9 Å². The van der Waals surface area contributed by atoms with Crippen LogP contribution in [-0.4, -0.2) is 49.1 Å². The number of aromatic nitrogens is 2. The SMILES string of the molecule is CN=C(NCCCOCC(C)C)NCCc1cnn(-c2ccccc2)c1. The summed E-state index contributed by atoms with van der Waals surface area (Å²) in [6, 6.07) is 10.1. The summed E-state index contributed by atoms with van der Waals surface area (Å²) in [5.41, 5.74) is 2.27. The Morgan fingerprint density at radius 3 is 2.69 bits per heavy atom. The molecule has 0 saturated carbocycles. The summed E-state index contributed by atoms with van der Waals surface area (Å²) in [7, 11) is 1.79. The van der Waals surface area contributed by atoms with Gasteiger partial charge in [-0.2, -0.15) is 5.10 Å². The van der Waals surface area contributed by atoms with E-state index in [4.69, 9.17) is 4.74 Å². The number of hydrogen-bond acceptors (Lipinski definition) is 3. The number of rotatable bonds is 10. The van der Waals surface area contributed by atoms with Gasteiger partial charge in [-0.3, -0.25) is 4.99 Å². The Labute approximate surface area is 156 Å². The van der Waals surface area contributed by atoms with Gasteiger partial charge in [0, 0.05) is 39.5 Å². The highest BCUT2D eigenvalue weighted by Gasteiger charge is 2.02. The number of benzene rings is 1. The molecule has 0 radical (unpaired) electrons. The third-order valence-corrected chi connectivity index (χ3v) is 3.80. The fraction of sp³-hybridized carbons (Fsp3) is 0.500. The molecule has 1 aromatic heterocycles. The molecular weight excluding hydrogens is 326 g/mol. The van der Waals surface area contributed by atoms with Crippen molar-refractivity contribution in [3.8, 4) is 5.69 Å². The first kappa shape index (κ1) is 20.0. The van der Waals surface area contributed by atoms with E-state index in [-0.39, 0.29) is 0 Å². The van der Waals surface area contributed by atoms with E-state index < -0.39 is 0 Å². The Bertz CT molecular complexity index is 651. The molecule has 142 valence electrons. The number of ether oxygens (including phenoxy) is 1. The van der Waals surface area contributed by atoms with Crippen LogP contribution >= 0.6 is 0 Å². The maximum absolute atomic E-state index is 5.58. The maximum atomic E-state index is 5.58. The van der Waals surface area contributed by atoms with Crippen LogP contribution in [0.25, 0.3) is 5.69 Å². The number of nitrogens with zero attached hydrogens (tertiary/aromatic N) is 3. The van der Waals surface area contributed by atoms with Crippen LogP contribution in [0.4, 0.5) is 0 Å². The Morgan fingerprint density at radius 2 is 1.96 bits per heavy atom. The van der Waals surface area contributed by atoms with Crippen LogP contribution in [0.2, 0.25) is 0 Å². The zero-order valence-corrected chi connectivity index (χ0v) is 16.1. The van der Waals surface area contributed by atoms with E-state index in [2.05, 4.69) is 40.8 Å². The maximum Gasteiger partial charge on any atom is 0.190 e. The molecule has 0 bridgehead atoms. The van der Waals surface area contributed by atoms with Gasteiger partial charge in [0.05, 0.1) is 11.9 Å². The van der Waals surface area contributed by atoms with Crippen LogP contribution in [0.3, 0.4) is 0 Å². The number of nitrogens with one attached hydrogen (secondary N) is 2. The molecule has 0 aliphatic rings. The fourth-order valence-corrected chi connectivity index (χ4v) is 2.46. The van der Waals surface area contributed by atoms with Gasteiger partial charge in [0.25, 0.3) is 0 Å².